The van der Waals surface area contributed by atoms with E-state index in [2.05, 4.69) is 42.0 Å². The smallest absolute Gasteiger partial charge is 0.265 e. The van der Waals surface area contributed by atoms with Crippen molar-refractivity contribution in [2.45, 2.75) is 33.2 Å². The molecule has 1 amide bonds. The monoisotopic (exact) mass is 282 g/mol. The predicted molar refractivity (Wildman–Crippen MR) is 86.2 cm³/mol. The van der Waals surface area contributed by atoms with Gasteiger partial charge >= 0.3 is 0 Å². The van der Waals surface area contributed by atoms with Crippen LogP contribution in [0.3, 0.4) is 0 Å². The Labute approximate surface area is 126 Å². The standard InChI is InChI=1S/C18H22N2O/c1-13(2)19-20-18(21)17-9-7-15(8-10-17)12-16-6-4-5-14(3)11-16/h4-11,13,19H,12H2,1-3H3,(H,20,21). The van der Waals surface area contributed by atoms with E-state index in [1.165, 1.54) is 16.7 Å². The molecule has 2 aromatic carbocycles. The number of rotatable bonds is 5. The molecular formula is C18H22N2O. The maximum absolute atomic E-state index is 11.9. The van der Waals surface area contributed by atoms with Crippen molar-refractivity contribution in [2.75, 3.05) is 0 Å². The van der Waals surface area contributed by atoms with E-state index in [-0.39, 0.29) is 11.9 Å². The molecule has 0 aliphatic carbocycles. The van der Waals surface area contributed by atoms with Crippen LogP contribution >= 0.6 is 0 Å². The fourth-order valence-corrected chi connectivity index (χ4v) is 2.11. The van der Waals surface area contributed by atoms with Crippen molar-refractivity contribution in [3.8, 4) is 0 Å². The molecule has 0 aliphatic rings. The summed E-state index contributed by atoms with van der Waals surface area (Å²) in [6.07, 6.45) is 0.883. The summed E-state index contributed by atoms with van der Waals surface area (Å²) >= 11 is 0. The van der Waals surface area contributed by atoms with Gasteiger partial charge in [-0.15, -0.1) is 0 Å². The number of amides is 1. The number of carbonyl (C=O) groups is 1. The molecule has 0 spiro atoms. The van der Waals surface area contributed by atoms with Crippen LogP contribution in [-0.4, -0.2) is 11.9 Å². The van der Waals surface area contributed by atoms with Crippen molar-refractivity contribution < 1.29 is 4.79 Å². The second kappa shape index (κ2) is 7.04. The molecule has 3 heteroatoms. The van der Waals surface area contributed by atoms with E-state index < -0.39 is 0 Å². The van der Waals surface area contributed by atoms with Gasteiger partial charge in [0, 0.05) is 11.6 Å². The minimum Gasteiger partial charge on any atom is -0.287 e. The van der Waals surface area contributed by atoms with Crippen molar-refractivity contribution in [1.82, 2.24) is 10.9 Å². The molecule has 2 N–H and O–H groups in total. The summed E-state index contributed by atoms with van der Waals surface area (Å²) in [4.78, 5) is 11.9. The zero-order valence-corrected chi connectivity index (χ0v) is 12.8. The Bertz CT molecular complexity index is 603. The normalized spacial score (nSPS) is 10.7. The van der Waals surface area contributed by atoms with Gasteiger partial charge in [-0.05, 0) is 50.5 Å². The fraction of sp³-hybridized carbons (Fsp3) is 0.278. The number of hydrogen-bond acceptors (Lipinski definition) is 2. The second-order valence-corrected chi connectivity index (χ2v) is 5.62. The van der Waals surface area contributed by atoms with E-state index in [1.807, 2.05) is 38.1 Å². The average molecular weight is 282 g/mol. The molecule has 0 aromatic heterocycles. The van der Waals surface area contributed by atoms with Crippen LogP contribution in [0.2, 0.25) is 0 Å². The SMILES string of the molecule is Cc1cccc(Cc2ccc(C(=O)NNC(C)C)cc2)c1. The maximum Gasteiger partial charge on any atom is 0.265 e. The maximum atomic E-state index is 11.9. The summed E-state index contributed by atoms with van der Waals surface area (Å²) in [5, 5.41) is 0. The number of hydrazine groups is 1. The molecular weight excluding hydrogens is 260 g/mol. The van der Waals surface area contributed by atoms with Crippen molar-refractivity contribution in [3.05, 3.63) is 70.8 Å². The number of nitrogens with one attached hydrogen (secondary N) is 2. The quantitative estimate of drug-likeness (QED) is 0.827. The molecule has 0 bridgehead atoms. The Kier molecular flexibility index (Phi) is 5.12. The van der Waals surface area contributed by atoms with Crippen LogP contribution in [0, 0.1) is 6.92 Å². The molecule has 0 heterocycles. The zero-order valence-electron chi connectivity index (χ0n) is 12.8. The van der Waals surface area contributed by atoms with E-state index in [4.69, 9.17) is 0 Å². The highest BCUT2D eigenvalue weighted by Gasteiger charge is 2.05. The first-order valence-electron chi connectivity index (χ1n) is 7.25. The Morgan fingerprint density at radius 2 is 1.76 bits per heavy atom. The van der Waals surface area contributed by atoms with Crippen LogP contribution in [0.1, 0.15) is 40.9 Å². The van der Waals surface area contributed by atoms with Crippen molar-refractivity contribution >= 4 is 5.91 Å². The van der Waals surface area contributed by atoms with Gasteiger partial charge in [0.15, 0.2) is 0 Å². The zero-order chi connectivity index (χ0) is 15.2. The van der Waals surface area contributed by atoms with Crippen LogP contribution in [0.25, 0.3) is 0 Å². The van der Waals surface area contributed by atoms with Crippen LogP contribution in [-0.2, 0) is 6.42 Å². The van der Waals surface area contributed by atoms with E-state index >= 15 is 0 Å². The molecule has 0 saturated heterocycles. The van der Waals surface area contributed by atoms with Gasteiger partial charge < -0.3 is 0 Å². The average Bonchev–Trinajstić information content (AvgIpc) is 2.45. The Morgan fingerprint density at radius 3 is 2.38 bits per heavy atom. The van der Waals surface area contributed by atoms with Gasteiger partial charge in [-0.1, -0.05) is 42.0 Å². The van der Waals surface area contributed by atoms with E-state index in [0.29, 0.717) is 5.56 Å². The first-order valence-corrected chi connectivity index (χ1v) is 7.25. The van der Waals surface area contributed by atoms with Crippen LogP contribution in [0.15, 0.2) is 48.5 Å². The summed E-state index contributed by atoms with van der Waals surface area (Å²) in [5.41, 5.74) is 10.0. The third-order valence-corrected chi connectivity index (χ3v) is 3.18. The molecule has 2 rings (SSSR count). The first kappa shape index (κ1) is 15.3. The van der Waals surface area contributed by atoms with Gasteiger partial charge in [-0.2, -0.15) is 0 Å². The molecule has 0 fully saturated rings. The largest absolute Gasteiger partial charge is 0.287 e. The number of benzene rings is 2. The second-order valence-electron chi connectivity index (χ2n) is 5.62. The summed E-state index contributed by atoms with van der Waals surface area (Å²) in [5.74, 6) is -0.106. The molecule has 2 aromatic rings. The van der Waals surface area contributed by atoms with Crippen LogP contribution < -0.4 is 10.9 Å². The number of carbonyl (C=O) groups excluding carboxylic acids is 1. The van der Waals surface area contributed by atoms with Gasteiger partial charge in [-0.25, -0.2) is 5.43 Å². The fourth-order valence-electron chi connectivity index (χ4n) is 2.11. The van der Waals surface area contributed by atoms with Crippen LogP contribution in [0.5, 0.6) is 0 Å². The Hall–Kier alpha value is -2.13. The Morgan fingerprint density at radius 1 is 1.05 bits per heavy atom. The lowest BCUT2D eigenvalue weighted by atomic mass is 10.0. The first-order chi connectivity index (χ1) is 10.0. The van der Waals surface area contributed by atoms with E-state index in [1.54, 1.807) is 0 Å². The molecule has 0 saturated carbocycles. The topological polar surface area (TPSA) is 41.1 Å². The minimum atomic E-state index is -0.106. The molecule has 21 heavy (non-hydrogen) atoms. The van der Waals surface area contributed by atoms with E-state index in [9.17, 15) is 4.79 Å². The van der Waals surface area contributed by atoms with Crippen molar-refractivity contribution in [1.29, 1.82) is 0 Å². The van der Waals surface area contributed by atoms with Gasteiger partial charge in [0.2, 0.25) is 0 Å². The molecule has 0 radical (unpaired) electrons. The van der Waals surface area contributed by atoms with Crippen molar-refractivity contribution in [2.24, 2.45) is 0 Å². The summed E-state index contributed by atoms with van der Waals surface area (Å²) < 4.78 is 0. The van der Waals surface area contributed by atoms with Gasteiger partial charge in [0.25, 0.3) is 5.91 Å². The van der Waals surface area contributed by atoms with Crippen molar-refractivity contribution in [3.63, 3.8) is 0 Å². The van der Waals surface area contributed by atoms with Gasteiger partial charge in [0.1, 0.15) is 0 Å². The predicted octanol–water partition coefficient (Wildman–Crippen LogP) is 3.23. The van der Waals surface area contributed by atoms with E-state index in [0.717, 1.165) is 6.42 Å². The molecule has 0 unspecified atom stereocenters. The van der Waals surface area contributed by atoms with Gasteiger partial charge in [0.05, 0.1) is 0 Å². The lowest BCUT2D eigenvalue weighted by Crippen LogP contribution is -2.41. The lowest BCUT2D eigenvalue weighted by Gasteiger charge is -2.10. The Balaban J connectivity index is 2.00. The molecule has 0 aliphatic heterocycles. The number of aryl methyl sites for hydroxylation is 1. The molecule has 110 valence electrons. The lowest BCUT2D eigenvalue weighted by molar-refractivity contribution is 0.0927. The third-order valence-electron chi connectivity index (χ3n) is 3.18. The highest BCUT2D eigenvalue weighted by Crippen LogP contribution is 2.12. The summed E-state index contributed by atoms with van der Waals surface area (Å²) in [7, 11) is 0. The minimum absolute atomic E-state index is 0.106. The highest BCUT2D eigenvalue weighted by molar-refractivity contribution is 5.93. The summed E-state index contributed by atoms with van der Waals surface area (Å²) in [6.45, 7) is 6.05. The number of hydrogen-bond donors (Lipinski definition) is 2. The van der Waals surface area contributed by atoms with Crippen LogP contribution in [0.4, 0.5) is 0 Å². The molecule has 3 nitrogen and oxygen atoms in total. The highest BCUT2D eigenvalue weighted by atomic mass is 16.2. The summed E-state index contributed by atoms with van der Waals surface area (Å²) in [6, 6.07) is 16.4. The third kappa shape index (κ3) is 4.72. The molecule has 0 atom stereocenters. The van der Waals surface area contributed by atoms with Gasteiger partial charge in [-0.3, -0.25) is 10.2 Å².